The summed E-state index contributed by atoms with van der Waals surface area (Å²) in [4.78, 5) is 24.4. The maximum atomic E-state index is 12.3. The highest BCUT2D eigenvalue weighted by Crippen LogP contribution is 2.23. The molecule has 156 valence electrons. The highest BCUT2D eigenvalue weighted by molar-refractivity contribution is 5.91. The van der Waals surface area contributed by atoms with Crippen molar-refractivity contribution in [2.75, 3.05) is 6.61 Å². The van der Waals surface area contributed by atoms with Gasteiger partial charge in [0.05, 0.1) is 17.6 Å². The number of amides is 1. The number of ether oxygens (including phenoxy) is 1. The number of nitrogens with zero attached hydrogens (tertiary/aromatic N) is 3. The summed E-state index contributed by atoms with van der Waals surface area (Å²) in [5, 5.41) is 11.3. The predicted octanol–water partition coefficient (Wildman–Crippen LogP) is 3.33. The van der Waals surface area contributed by atoms with E-state index in [-0.39, 0.29) is 18.6 Å². The molecule has 1 aromatic heterocycles. The lowest BCUT2D eigenvalue weighted by atomic mass is 9.86. The molecular formula is C23H26N4O3. The lowest BCUT2D eigenvalue weighted by molar-refractivity contribution is -0.125. The molecule has 1 aliphatic rings. The van der Waals surface area contributed by atoms with Crippen LogP contribution in [0.2, 0.25) is 0 Å². The van der Waals surface area contributed by atoms with Crippen molar-refractivity contribution in [3.8, 4) is 0 Å². The van der Waals surface area contributed by atoms with Crippen molar-refractivity contribution < 1.29 is 14.3 Å². The number of hydrogen-bond donors (Lipinski definition) is 1. The van der Waals surface area contributed by atoms with Gasteiger partial charge >= 0.3 is 5.97 Å². The van der Waals surface area contributed by atoms with E-state index < -0.39 is 5.97 Å². The van der Waals surface area contributed by atoms with Gasteiger partial charge in [-0.05, 0) is 48.6 Å². The molecule has 3 aromatic rings. The van der Waals surface area contributed by atoms with E-state index in [9.17, 15) is 9.59 Å². The fourth-order valence-corrected chi connectivity index (χ4v) is 3.95. The smallest absolute Gasteiger partial charge is 0.338 e. The molecule has 4 rings (SSSR count). The average Bonchev–Trinajstić information content (AvgIpc) is 3.17. The molecule has 0 saturated heterocycles. The van der Waals surface area contributed by atoms with Crippen molar-refractivity contribution >= 4 is 22.9 Å². The molecule has 2 atom stereocenters. The summed E-state index contributed by atoms with van der Waals surface area (Å²) in [6.07, 6.45) is 4.46. The third-order valence-electron chi connectivity index (χ3n) is 5.73. The van der Waals surface area contributed by atoms with Gasteiger partial charge in [-0.25, -0.2) is 9.48 Å². The van der Waals surface area contributed by atoms with Crippen LogP contribution >= 0.6 is 0 Å². The fraction of sp³-hybridized carbons (Fsp3) is 0.391. The first kappa shape index (κ1) is 20.1. The van der Waals surface area contributed by atoms with Gasteiger partial charge in [-0.1, -0.05) is 49.2 Å². The molecule has 1 heterocycles. The molecule has 0 aliphatic heterocycles. The van der Waals surface area contributed by atoms with Crippen molar-refractivity contribution in [2.45, 2.75) is 45.2 Å². The molecule has 0 unspecified atom stereocenters. The number of aromatic nitrogens is 3. The molecular weight excluding hydrogens is 380 g/mol. The maximum Gasteiger partial charge on any atom is 0.338 e. The monoisotopic (exact) mass is 406 g/mol. The Morgan fingerprint density at radius 2 is 1.87 bits per heavy atom. The molecule has 2 aromatic carbocycles. The largest absolute Gasteiger partial charge is 0.452 e. The molecule has 1 aliphatic carbocycles. The molecule has 7 heteroatoms. The number of para-hydroxylation sites is 1. The zero-order chi connectivity index (χ0) is 20.9. The predicted molar refractivity (Wildman–Crippen MR) is 113 cm³/mol. The van der Waals surface area contributed by atoms with Crippen molar-refractivity contribution in [3.05, 3.63) is 59.7 Å². The average molecular weight is 406 g/mol. The van der Waals surface area contributed by atoms with Gasteiger partial charge < -0.3 is 10.1 Å². The number of esters is 1. The summed E-state index contributed by atoms with van der Waals surface area (Å²) in [7, 11) is 0. The quantitative estimate of drug-likeness (QED) is 0.635. The first-order valence-corrected chi connectivity index (χ1v) is 10.4. The zero-order valence-corrected chi connectivity index (χ0v) is 17.1. The highest BCUT2D eigenvalue weighted by atomic mass is 16.5. The van der Waals surface area contributed by atoms with Crippen LogP contribution in [0.4, 0.5) is 0 Å². The molecule has 1 saturated carbocycles. The van der Waals surface area contributed by atoms with Crippen molar-refractivity contribution in [1.29, 1.82) is 0 Å². The molecule has 30 heavy (non-hydrogen) atoms. The molecule has 0 bridgehead atoms. The third-order valence-corrected chi connectivity index (χ3v) is 5.73. The van der Waals surface area contributed by atoms with Gasteiger partial charge in [-0.3, -0.25) is 4.79 Å². The van der Waals surface area contributed by atoms with Crippen LogP contribution in [0, 0.1) is 5.92 Å². The normalized spacial score (nSPS) is 18.8. The minimum atomic E-state index is -0.500. The Morgan fingerprint density at radius 1 is 1.10 bits per heavy atom. The number of benzene rings is 2. The van der Waals surface area contributed by atoms with Gasteiger partial charge in [-0.15, -0.1) is 5.10 Å². The van der Waals surface area contributed by atoms with Gasteiger partial charge in [0.25, 0.3) is 5.91 Å². The topological polar surface area (TPSA) is 86.1 Å². The molecule has 1 N–H and O–H groups in total. The SMILES string of the molecule is C[C@H]1CCCC[C@@H]1NC(=O)COC(=O)c1ccc(Cn2nnc3ccccc32)cc1. The lowest BCUT2D eigenvalue weighted by Gasteiger charge is -2.29. The van der Waals surface area contributed by atoms with Crippen molar-refractivity contribution in [2.24, 2.45) is 5.92 Å². The number of carbonyl (C=O) groups excluding carboxylic acids is 2. The third kappa shape index (κ3) is 4.67. The molecule has 0 spiro atoms. The number of fused-ring (bicyclic) bond motifs is 1. The van der Waals surface area contributed by atoms with Gasteiger partial charge in [0.2, 0.25) is 0 Å². The second-order valence-electron chi connectivity index (χ2n) is 7.94. The van der Waals surface area contributed by atoms with Gasteiger partial charge in [0, 0.05) is 6.04 Å². The molecule has 0 radical (unpaired) electrons. The van der Waals surface area contributed by atoms with Crippen LogP contribution in [0.3, 0.4) is 0 Å². The van der Waals surface area contributed by atoms with Gasteiger partial charge in [0.15, 0.2) is 6.61 Å². The Hall–Kier alpha value is -3.22. The highest BCUT2D eigenvalue weighted by Gasteiger charge is 2.23. The van der Waals surface area contributed by atoms with E-state index in [1.165, 1.54) is 6.42 Å². The molecule has 7 nitrogen and oxygen atoms in total. The summed E-state index contributed by atoms with van der Waals surface area (Å²) >= 11 is 0. The van der Waals surface area contributed by atoms with Crippen LogP contribution in [0.1, 0.15) is 48.5 Å². The Balaban J connectivity index is 1.30. The van der Waals surface area contributed by atoms with Crippen LogP contribution in [0.5, 0.6) is 0 Å². The minimum Gasteiger partial charge on any atom is -0.452 e. The number of nitrogens with one attached hydrogen (secondary N) is 1. The summed E-state index contributed by atoms with van der Waals surface area (Å²) in [5.74, 6) is -0.274. The Bertz CT molecular complexity index is 1030. The maximum absolute atomic E-state index is 12.3. The zero-order valence-electron chi connectivity index (χ0n) is 17.1. The first-order valence-electron chi connectivity index (χ1n) is 10.4. The summed E-state index contributed by atoms with van der Waals surface area (Å²) < 4.78 is 7.01. The van der Waals surface area contributed by atoms with Gasteiger partial charge in [-0.2, -0.15) is 0 Å². The van der Waals surface area contributed by atoms with E-state index in [2.05, 4.69) is 22.6 Å². The molecule has 1 amide bonds. The van der Waals surface area contributed by atoms with Crippen LogP contribution in [-0.2, 0) is 16.1 Å². The summed E-state index contributed by atoms with van der Waals surface area (Å²) in [5.41, 5.74) is 3.21. The van der Waals surface area contributed by atoms with Crippen molar-refractivity contribution in [1.82, 2.24) is 20.3 Å². The van der Waals surface area contributed by atoms with E-state index in [0.29, 0.717) is 18.0 Å². The Labute approximate surface area is 175 Å². The Kier molecular flexibility index (Phi) is 6.07. The van der Waals surface area contributed by atoms with E-state index in [0.717, 1.165) is 35.9 Å². The van der Waals surface area contributed by atoms with Gasteiger partial charge in [0.1, 0.15) is 5.52 Å². The van der Waals surface area contributed by atoms with E-state index in [1.807, 2.05) is 41.1 Å². The van der Waals surface area contributed by atoms with E-state index in [1.54, 1.807) is 12.1 Å². The number of rotatable bonds is 6. The standard InChI is InChI=1S/C23H26N4O3/c1-16-6-2-3-7-19(16)24-22(28)15-30-23(29)18-12-10-17(11-13-18)14-27-21-9-5-4-8-20(21)25-26-27/h4-5,8-13,16,19H,2-3,6-7,14-15H2,1H3,(H,24,28)/t16-,19-/m0/s1. The van der Waals surface area contributed by atoms with Crippen LogP contribution < -0.4 is 5.32 Å². The second-order valence-corrected chi connectivity index (χ2v) is 7.94. The first-order chi connectivity index (χ1) is 14.6. The molecule has 1 fully saturated rings. The minimum absolute atomic E-state index is 0.178. The lowest BCUT2D eigenvalue weighted by Crippen LogP contribution is -2.42. The van der Waals surface area contributed by atoms with Crippen LogP contribution in [0.25, 0.3) is 11.0 Å². The Morgan fingerprint density at radius 3 is 2.67 bits per heavy atom. The van der Waals surface area contributed by atoms with Crippen LogP contribution in [-0.4, -0.2) is 39.5 Å². The van der Waals surface area contributed by atoms with Crippen LogP contribution in [0.15, 0.2) is 48.5 Å². The number of carbonyl (C=O) groups is 2. The number of hydrogen-bond acceptors (Lipinski definition) is 5. The van der Waals surface area contributed by atoms with E-state index in [4.69, 9.17) is 4.74 Å². The fourth-order valence-electron chi connectivity index (χ4n) is 3.95. The second kappa shape index (κ2) is 9.07. The van der Waals surface area contributed by atoms with E-state index >= 15 is 0 Å². The summed E-state index contributed by atoms with van der Waals surface area (Å²) in [6.45, 7) is 2.45. The summed E-state index contributed by atoms with van der Waals surface area (Å²) in [6, 6.07) is 15.1. The van der Waals surface area contributed by atoms with Crippen molar-refractivity contribution in [3.63, 3.8) is 0 Å².